The van der Waals surface area contributed by atoms with Crippen LogP contribution < -0.4 is 19.9 Å². The Hall–Kier alpha value is -1.39. The van der Waals surface area contributed by atoms with Gasteiger partial charge in [-0.05, 0) is 105 Å². The summed E-state index contributed by atoms with van der Waals surface area (Å²) >= 11 is 6.94. The van der Waals surface area contributed by atoms with E-state index in [9.17, 15) is 4.79 Å². The normalized spacial score (nSPS) is 17.7. The lowest BCUT2D eigenvalue weighted by molar-refractivity contribution is -0.130. The zero-order chi connectivity index (χ0) is 26.4. The van der Waals surface area contributed by atoms with Crippen LogP contribution in [-0.2, 0) is 17.6 Å². The number of rotatable bonds is 9. The molecule has 0 radical (unpaired) electrons. The molecule has 0 aromatic heterocycles. The molecular formula is C28H39Br2Cl2N3O4. The number of nitrogens with zero attached hydrogens (tertiary/aromatic N) is 2. The lowest BCUT2D eigenvalue weighted by Gasteiger charge is -2.29. The predicted octanol–water partition coefficient (Wildman–Crippen LogP) is 6.15. The number of carbonyl (C=O) groups is 1. The highest BCUT2D eigenvalue weighted by Gasteiger charge is 2.26. The van der Waals surface area contributed by atoms with E-state index in [0.29, 0.717) is 30.4 Å². The van der Waals surface area contributed by atoms with Gasteiger partial charge in [-0.25, -0.2) is 0 Å². The summed E-state index contributed by atoms with van der Waals surface area (Å²) in [5.74, 6) is 2.90. The van der Waals surface area contributed by atoms with Crippen LogP contribution in [0.1, 0.15) is 36.8 Å². The lowest BCUT2D eigenvalue weighted by Crippen LogP contribution is -2.40. The summed E-state index contributed by atoms with van der Waals surface area (Å²) in [5.41, 5.74) is 8.87. The number of carbonyl (C=O) groups excluding carboxylic acids is 1. The Morgan fingerprint density at radius 2 is 1.64 bits per heavy atom. The van der Waals surface area contributed by atoms with Crippen LogP contribution in [0, 0.1) is 5.92 Å². The van der Waals surface area contributed by atoms with Crippen molar-refractivity contribution in [2.75, 3.05) is 59.3 Å². The molecule has 2 aromatic carbocycles. The fourth-order valence-electron chi connectivity index (χ4n) is 5.31. The first-order chi connectivity index (χ1) is 17.9. The second kappa shape index (κ2) is 16.2. The molecule has 2 aromatic rings. The highest BCUT2D eigenvalue weighted by Crippen LogP contribution is 2.34. The first-order valence-electron chi connectivity index (χ1n) is 13.0. The maximum absolute atomic E-state index is 13.2. The largest absolute Gasteiger partial charge is 0.493 e. The second-order valence-electron chi connectivity index (χ2n) is 9.91. The van der Waals surface area contributed by atoms with Gasteiger partial charge >= 0.3 is 0 Å². The molecule has 7 nitrogen and oxygen atoms in total. The average Bonchev–Trinajstić information content (AvgIpc) is 3.20. The van der Waals surface area contributed by atoms with Crippen LogP contribution in [0.5, 0.6) is 17.2 Å². The Balaban J connectivity index is 0.00000267. The van der Waals surface area contributed by atoms with Crippen LogP contribution in [0.15, 0.2) is 33.2 Å². The van der Waals surface area contributed by atoms with Crippen molar-refractivity contribution >= 4 is 68.3 Å². The highest BCUT2D eigenvalue weighted by molar-refractivity contribution is 9.11. The minimum Gasteiger partial charge on any atom is -0.493 e. The van der Waals surface area contributed by atoms with Crippen molar-refractivity contribution in [2.24, 2.45) is 5.92 Å². The number of amides is 1. The molecule has 1 amide bonds. The van der Waals surface area contributed by atoms with Crippen LogP contribution in [0.3, 0.4) is 0 Å². The summed E-state index contributed by atoms with van der Waals surface area (Å²) in [7, 11) is 3.29. The molecule has 1 saturated heterocycles. The fourth-order valence-corrected chi connectivity index (χ4v) is 6.46. The fraction of sp³-hybridized carbons (Fsp3) is 0.536. The molecule has 2 aliphatic rings. The zero-order valence-electron chi connectivity index (χ0n) is 22.5. The van der Waals surface area contributed by atoms with Gasteiger partial charge in [0.1, 0.15) is 5.75 Å². The van der Waals surface area contributed by atoms with Gasteiger partial charge in [0.25, 0.3) is 0 Å². The van der Waals surface area contributed by atoms with Gasteiger partial charge < -0.3 is 29.7 Å². The number of fused-ring (bicyclic) bond motifs is 1. The first kappa shape index (κ1) is 33.8. The van der Waals surface area contributed by atoms with E-state index < -0.39 is 0 Å². The number of hydrogen-bond donors (Lipinski definition) is 1. The molecule has 11 heteroatoms. The second-order valence-corrected chi connectivity index (χ2v) is 11.6. The number of nitrogens with two attached hydrogens (primary N) is 1. The highest BCUT2D eigenvalue weighted by atomic mass is 79.9. The van der Waals surface area contributed by atoms with E-state index in [1.165, 1.54) is 24.8 Å². The van der Waals surface area contributed by atoms with Crippen molar-refractivity contribution in [1.29, 1.82) is 0 Å². The molecular weight excluding hydrogens is 673 g/mol. The zero-order valence-corrected chi connectivity index (χ0v) is 27.4. The standard InChI is InChI=1S/C28H37Br2N3O4.2ClH/c1-35-25-12-20-7-10-33(27(34)14-21(20)13-26(25)36-2)18-19-6-3-4-8-32(17-19)9-5-11-37-22-15-23(29)28(31)24(30)16-22;;/h12-13,15-16,19H,3-11,14,17-18,31H2,1-2H3;2*1H. The van der Waals surface area contributed by atoms with Gasteiger partial charge in [0.05, 0.1) is 32.9 Å². The quantitative estimate of drug-likeness (QED) is 0.249. The summed E-state index contributed by atoms with van der Waals surface area (Å²) in [6, 6.07) is 7.81. The monoisotopic (exact) mass is 709 g/mol. The van der Waals surface area contributed by atoms with Crippen LogP contribution in [-0.4, -0.2) is 69.3 Å². The number of ether oxygens (including phenoxy) is 3. The van der Waals surface area contributed by atoms with E-state index in [2.05, 4.69) is 41.7 Å². The average molecular weight is 712 g/mol. The molecule has 2 aliphatic heterocycles. The van der Waals surface area contributed by atoms with E-state index >= 15 is 0 Å². The van der Waals surface area contributed by atoms with Crippen molar-refractivity contribution in [3.05, 3.63) is 44.3 Å². The number of likely N-dealkylation sites (tertiary alicyclic amines) is 1. The Morgan fingerprint density at radius 1 is 0.974 bits per heavy atom. The SMILES string of the molecule is COc1cc2c(cc1OC)CC(=O)N(CC1CCCCN(CCCOc3cc(Br)c(N)c(Br)c3)C1)CC2.Cl.Cl. The van der Waals surface area contributed by atoms with Gasteiger partial charge in [-0.15, -0.1) is 24.8 Å². The number of methoxy groups -OCH3 is 2. The maximum Gasteiger partial charge on any atom is 0.227 e. The van der Waals surface area contributed by atoms with Gasteiger partial charge in [0.15, 0.2) is 11.5 Å². The molecule has 1 fully saturated rings. The molecule has 0 bridgehead atoms. The Labute approximate surface area is 261 Å². The predicted molar refractivity (Wildman–Crippen MR) is 168 cm³/mol. The number of nitrogen functional groups attached to an aromatic ring is 1. The van der Waals surface area contributed by atoms with Gasteiger partial charge in [0.2, 0.25) is 5.91 Å². The van der Waals surface area contributed by atoms with E-state index in [0.717, 1.165) is 71.6 Å². The van der Waals surface area contributed by atoms with E-state index in [-0.39, 0.29) is 30.7 Å². The minimum atomic E-state index is 0. The summed E-state index contributed by atoms with van der Waals surface area (Å²) in [6.07, 6.45) is 5.79. The lowest BCUT2D eigenvalue weighted by atomic mass is 10.0. The van der Waals surface area contributed by atoms with Crippen LogP contribution in [0.2, 0.25) is 0 Å². The first-order valence-corrected chi connectivity index (χ1v) is 14.6. The maximum atomic E-state index is 13.2. The summed E-state index contributed by atoms with van der Waals surface area (Å²) in [6.45, 7) is 5.35. The van der Waals surface area contributed by atoms with Crippen LogP contribution in [0.25, 0.3) is 0 Å². The summed E-state index contributed by atoms with van der Waals surface area (Å²) in [4.78, 5) is 17.8. The molecule has 39 heavy (non-hydrogen) atoms. The van der Waals surface area contributed by atoms with Crippen molar-refractivity contribution < 1.29 is 19.0 Å². The van der Waals surface area contributed by atoms with Crippen LogP contribution >= 0.6 is 56.7 Å². The number of halogens is 4. The van der Waals surface area contributed by atoms with Crippen LogP contribution in [0.4, 0.5) is 5.69 Å². The number of anilines is 1. The van der Waals surface area contributed by atoms with Gasteiger partial charge in [-0.3, -0.25) is 4.79 Å². The minimum absolute atomic E-state index is 0. The van der Waals surface area contributed by atoms with Gasteiger partial charge in [-0.2, -0.15) is 0 Å². The molecule has 218 valence electrons. The molecule has 0 aliphatic carbocycles. The van der Waals surface area contributed by atoms with Crippen molar-refractivity contribution in [1.82, 2.24) is 9.80 Å². The third-order valence-electron chi connectivity index (χ3n) is 7.32. The molecule has 2 heterocycles. The molecule has 1 atom stereocenters. The molecule has 4 rings (SSSR count). The Morgan fingerprint density at radius 3 is 2.31 bits per heavy atom. The smallest absolute Gasteiger partial charge is 0.227 e. The molecule has 0 spiro atoms. The molecule has 2 N–H and O–H groups in total. The third-order valence-corrected chi connectivity index (χ3v) is 8.64. The van der Waals surface area contributed by atoms with Gasteiger partial charge in [0, 0.05) is 35.1 Å². The van der Waals surface area contributed by atoms with Gasteiger partial charge in [-0.1, -0.05) is 6.42 Å². The van der Waals surface area contributed by atoms with Crippen molar-refractivity contribution in [2.45, 2.75) is 38.5 Å². The van der Waals surface area contributed by atoms with Crippen molar-refractivity contribution in [3.63, 3.8) is 0 Å². The number of hydrogen-bond acceptors (Lipinski definition) is 6. The summed E-state index contributed by atoms with van der Waals surface area (Å²) < 4.78 is 18.6. The Kier molecular flexibility index (Phi) is 14.0. The van der Waals surface area contributed by atoms with E-state index in [4.69, 9.17) is 19.9 Å². The van der Waals surface area contributed by atoms with E-state index in [1.807, 2.05) is 24.3 Å². The number of benzene rings is 2. The van der Waals surface area contributed by atoms with Crippen molar-refractivity contribution in [3.8, 4) is 17.2 Å². The Bertz CT molecular complexity index is 1090. The topological polar surface area (TPSA) is 77.3 Å². The molecule has 1 unspecified atom stereocenters. The van der Waals surface area contributed by atoms with E-state index in [1.54, 1.807) is 14.2 Å². The summed E-state index contributed by atoms with van der Waals surface area (Å²) in [5, 5.41) is 0. The molecule has 0 saturated carbocycles. The third kappa shape index (κ3) is 9.05.